The first-order valence-electron chi connectivity index (χ1n) is 5.92. The van der Waals surface area contributed by atoms with Crippen molar-refractivity contribution in [3.63, 3.8) is 0 Å². The van der Waals surface area contributed by atoms with Gasteiger partial charge in [0.25, 0.3) is 0 Å². The van der Waals surface area contributed by atoms with Gasteiger partial charge in [0.05, 0.1) is 0 Å². The van der Waals surface area contributed by atoms with Crippen LogP contribution >= 0.6 is 0 Å². The van der Waals surface area contributed by atoms with Crippen LogP contribution in [0.5, 0.6) is 0 Å². The summed E-state index contributed by atoms with van der Waals surface area (Å²) >= 11 is 0. The third-order valence-electron chi connectivity index (χ3n) is 3.44. The normalized spacial score (nSPS) is 19.6. The van der Waals surface area contributed by atoms with E-state index in [-0.39, 0.29) is 5.41 Å². The van der Waals surface area contributed by atoms with E-state index in [1.54, 1.807) is 0 Å². The number of hydrogen-bond acceptors (Lipinski definition) is 3. The van der Waals surface area contributed by atoms with Gasteiger partial charge >= 0.3 is 0 Å². The Bertz CT molecular complexity index is 312. The number of nitrogens with one attached hydrogen (secondary N) is 1. The average Bonchev–Trinajstić information content (AvgIpc) is 2.86. The van der Waals surface area contributed by atoms with E-state index in [0.717, 1.165) is 37.3 Å². The highest BCUT2D eigenvalue weighted by atomic mass is 15.2. The second-order valence-corrected chi connectivity index (χ2v) is 4.55. The Balaban J connectivity index is 2.19. The summed E-state index contributed by atoms with van der Waals surface area (Å²) in [6.45, 7) is 2.83. The van der Waals surface area contributed by atoms with Crippen molar-refractivity contribution in [1.29, 1.82) is 0 Å². The summed E-state index contributed by atoms with van der Waals surface area (Å²) in [5, 5.41) is 7.37. The van der Waals surface area contributed by atoms with Crippen LogP contribution in [0.4, 0.5) is 0 Å². The molecule has 1 aromatic rings. The molecule has 4 heteroatoms. The van der Waals surface area contributed by atoms with Crippen molar-refractivity contribution in [3.8, 4) is 0 Å². The van der Waals surface area contributed by atoms with Crippen molar-refractivity contribution < 1.29 is 0 Å². The minimum Gasteiger partial charge on any atom is -0.329 e. The molecule has 0 unspecified atom stereocenters. The monoisotopic (exact) mass is 208 g/mol. The largest absolute Gasteiger partial charge is 0.329 e. The molecule has 0 amide bonds. The molecular formula is C11H20N4. The lowest BCUT2D eigenvalue weighted by Crippen LogP contribution is -2.33. The maximum atomic E-state index is 5.89. The van der Waals surface area contributed by atoms with Crippen molar-refractivity contribution in [2.45, 2.75) is 50.9 Å². The predicted molar refractivity (Wildman–Crippen MR) is 59.6 cm³/mol. The topological polar surface area (TPSA) is 67.6 Å². The van der Waals surface area contributed by atoms with E-state index >= 15 is 0 Å². The second kappa shape index (κ2) is 4.31. The zero-order valence-electron chi connectivity index (χ0n) is 9.42. The molecule has 0 saturated heterocycles. The minimum atomic E-state index is 0.0719. The van der Waals surface area contributed by atoms with Crippen LogP contribution < -0.4 is 5.73 Å². The van der Waals surface area contributed by atoms with E-state index in [0.29, 0.717) is 6.54 Å². The van der Waals surface area contributed by atoms with Crippen LogP contribution in [0.25, 0.3) is 0 Å². The van der Waals surface area contributed by atoms with Gasteiger partial charge in [-0.05, 0) is 19.3 Å². The molecule has 1 aromatic heterocycles. The van der Waals surface area contributed by atoms with Gasteiger partial charge in [-0.3, -0.25) is 5.10 Å². The van der Waals surface area contributed by atoms with Crippen LogP contribution in [-0.4, -0.2) is 21.7 Å². The Kier molecular flexibility index (Phi) is 3.05. The molecule has 0 atom stereocenters. The molecular weight excluding hydrogens is 188 g/mol. The summed E-state index contributed by atoms with van der Waals surface area (Å²) in [4.78, 5) is 4.58. The Morgan fingerprint density at radius 2 is 2.13 bits per heavy atom. The summed E-state index contributed by atoms with van der Waals surface area (Å²) in [6, 6.07) is 0. The Hall–Kier alpha value is -0.900. The van der Waals surface area contributed by atoms with E-state index in [1.165, 1.54) is 12.8 Å². The van der Waals surface area contributed by atoms with E-state index in [1.807, 2.05) is 0 Å². The summed E-state index contributed by atoms with van der Waals surface area (Å²) in [7, 11) is 0. The highest BCUT2D eigenvalue weighted by molar-refractivity contribution is 5.11. The quantitative estimate of drug-likeness (QED) is 0.788. The number of aromatic nitrogens is 3. The number of rotatable bonds is 4. The molecule has 0 spiro atoms. The molecule has 1 aliphatic rings. The summed E-state index contributed by atoms with van der Waals surface area (Å²) in [5.74, 6) is 1.96. The molecule has 1 heterocycles. The highest BCUT2D eigenvalue weighted by Crippen LogP contribution is 2.38. The molecule has 1 fully saturated rings. The van der Waals surface area contributed by atoms with Gasteiger partial charge in [0.15, 0.2) is 5.82 Å². The number of hydrogen-bond donors (Lipinski definition) is 2. The van der Waals surface area contributed by atoms with Crippen molar-refractivity contribution in [1.82, 2.24) is 15.2 Å². The van der Waals surface area contributed by atoms with Crippen LogP contribution in [0.2, 0.25) is 0 Å². The molecule has 0 radical (unpaired) electrons. The molecule has 0 aliphatic heterocycles. The third kappa shape index (κ3) is 1.91. The molecule has 1 saturated carbocycles. The van der Waals surface area contributed by atoms with Gasteiger partial charge in [0.2, 0.25) is 0 Å². The molecule has 1 aliphatic carbocycles. The molecule has 0 bridgehead atoms. The van der Waals surface area contributed by atoms with E-state index in [9.17, 15) is 0 Å². The fourth-order valence-electron chi connectivity index (χ4n) is 2.45. The standard InChI is InChI=1S/C11H20N4/c1-2-5-9-13-10(15-14-9)11(8-12)6-3-4-7-11/h2-8,12H2,1H3,(H,13,14,15). The van der Waals surface area contributed by atoms with Gasteiger partial charge in [0.1, 0.15) is 5.82 Å². The van der Waals surface area contributed by atoms with Gasteiger partial charge in [-0.1, -0.05) is 19.8 Å². The van der Waals surface area contributed by atoms with Crippen molar-refractivity contribution in [2.75, 3.05) is 6.54 Å². The number of aryl methyl sites for hydroxylation is 1. The number of H-pyrrole nitrogens is 1. The molecule has 4 nitrogen and oxygen atoms in total. The predicted octanol–water partition coefficient (Wildman–Crippen LogP) is 1.53. The van der Waals surface area contributed by atoms with Crippen molar-refractivity contribution in [2.24, 2.45) is 5.73 Å². The first-order chi connectivity index (χ1) is 7.30. The molecule has 3 N–H and O–H groups in total. The number of nitrogens with two attached hydrogens (primary N) is 1. The molecule has 0 aromatic carbocycles. The van der Waals surface area contributed by atoms with Crippen LogP contribution in [-0.2, 0) is 11.8 Å². The smallest absolute Gasteiger partial charge is 0.158 e. The summed E-state index contributed by atoms with van der Waals surface area (Å²) < 4.78 is 0. The molecule has 15 heavy (non-hydrogen) atoms. The maximum absolute atomic E-state index is 5.89. The molecule has 84 valence electrons. The fourth-order valence-corrected chi connectivity index (χ4v) is 2.45. The van der Waals surface area contributed by atoms with Crippen molar-refractivity contribution >= 4 is 0 Å². The third-order valence-corrected chi connectivity index (χ3v) is 3.44. The lowest BCUT2D eigenvalue weighted by molar-refractivity contribution is 0.426. The fraction of sp³-hybridized carbons (Fsp3) is 0.818. The Morgan fingerprint density at radius 3 is 2.73 bits per heavy atom. The van der Waals surface area contributed by atoms with Crippen molar-refractivity contribution in [3.05, 3.63) is 11.6 Å². The number of nitrogens with zero attached hydrogens (tertiary/aromatic N) is 2. The SMILES string of the molecule is CCCc1nc(C2(CN)CCCC2)n[nH]1. The lowest BCUT2D eigenvalue weighted by atomic mass is 9.85. The maximum Gasteiger partial charge on any atom is 0.158 e. The van der Waals surface area contributed by atoms with Gasteiger partial charge in [0, 0.05) is 18.4 Å². The Morgan fingerprint density at radius 1 is 1.40 bits per heavy atom. The van der Waals surface area contributed by atoms with Crippen LogP contribution in [0.15, 0.2) is 0 Å². The van der Waals surface area contributed by atoms with Gasteiger partial charge in [-0.2, -0.15) is 5.10 Å². The minimum absolute atomic E-state index is 0.0719. The van der Waals surface area contributed by atoms with Gasteiger partial charge in [-0.15, -0.1) is 0 Å². The first kappa shape index (κ1) is 10.6. The zero-order valence-corrected chi connectivity index (χ0v) is 9.42. The Labute approximate surface area is 90.7 Å². The van der Waals surface area contributed by atoms with Gasteiger partial charge in [-0.25, -0.2) is 4.98 Å². The summed E-state index contributed by atoms with van der Waals surface area (Å²) in [5.41, 5.74) is 5.96. The van der Waals surface area contributed by atoms with Crippen LogP contribution in [0.1, 0.15) is 50.7 Å². The van der Waals surface area contributed by atoms with Gasteiger partial charge < -0.3 is 5.73 Å². The summed E-state index contributed by atoms with van der Waals surface area (Å²) in [6.07, 6.45) is 6.89. The first-order valence-corrected chi connectivity index (χ1v) is 5.92. The highest BCUT2D eigenvalue weighted by Gasteiger charge is 2.37. The zero-order chi connectivity index (χ0) is 10.7. The van der Waals surface area contributed by atoms with E-state index < -0.39 is 0 Å². The number of aromatic amines is 1. The average molecular weight is 208 g/mol. The second-order valence-electron chi connectivity index (χ2n) is 4.55. The lowest BCUT2D eigenvalue weighted by Gasteiger charge is -2.22. The van der Waals surface area contributed by atoms with E-state index in [4.69, 9.17) is 5.73 Å². The van der Waals surface area contributed by atoms with Crippen LogP contribution in [0.3, 0.4) is 0 Å². The van der Waals surface area contributed by atoms with Crippen LogP contribution in [0, 0.1) is 0 Å². The molecule has 2 rings (SSSR count). The van der Waals surface area contributed by atoms with E-state index in [2.05, 4.69) is 22.1 Å².